The number of benzene rings is 1. The van der Waals surface area contributed by atoms with Gasteiger partial charge in [-0.1, -0.05) is 110 Å². The molecule has 1 aromatic carbocycles. The average Bonchev–Trinajstić information content (AvgIpc) is 1.54. The van der Waals surface area contributed by atoms with Gasteiger partial charge in [0.1, 0.15) is 47.8 Å². The molecular weight excluding hydrogens is 1340 g/mol. The lowest BCUT2D eigenvalue weighted by atomic mass is 9.81. The molecule has 0 unspecified atom stereocenters. The summed E-state index contributed by atoms with van der Waals surface area (Å²) < 4.78 is 41.7. The molecule has 0 radical (unpaired) electrons. The first-order valence-corrected chi connectivity index (χ1v) is 37.7. The Balaban J connectivity index is 1.29. The zero-order valence-electron chi connectivity index (χ0n) is 62.1. The molecule has 3 saturated carbocycles. The number of carbonyl (C=O) groups is 12. The number of nitrogens with one attached hydrogen (secondary N) is 3. The topological polar surface area (TPSA) is 270 Å². The first kappa shape index (κ1) is 82.2. The van der Waals surface area contributed by atoms with E-state index in [1.54, 1.807) is 4.90 Å². The second-order valence-electron chi connectivity index (χ2n) is 30.8. The number of likely N-dealkylation sites (N-methyl/N-ethyl adjacent to an activating group) is 7. The summed E-state index contributed by atoms with van der Waals surface area (Å²) in [6, 6.07) is -5.48. The third kappa shape index (κ3) is 21.3. The molecule has 0 bridgehead atoms. The largest absolute Gasteiger partial charge is 0.417 e. The van der Waals surface area contributed by atoms with Crippen LogP contribution in [0.5, 0.6) is 0 Å². The Labute approximate surface area is 605 Å². The summed E-state index contributed by atoms with van der Waals surface area (Å²) in [5.74, 6) is -8.07. The average molecular weight is 1460 g/mol. The standard InChI is InChI=1S/C74H114ClF3N12O12/c1-47(2)29-33-54-67(97)84(7)45-62(93)82(5)46-63(94)86(9)58(42-49-24-15-12-16-25-49)69(99)83(6)44-60(91)79-55(34-31-50-30-32-52(53(75)41-50)74(76,77)78)68(98)90-39-23-28-56(90)66(96)81-73(35-19-20-36-73)72(102)88(11)64(51-26-17-13-18-27-51)71(101)87(10)59(70(100)89-37-21-14-22-38-89)43-61(92)85(8)57(40-48(3)4)65(95)80-54/h30,32,41,47-49,51,54-59,64H,12-29,31,33-40,42-46H2,1-11H3,(H,79,91)(H,80,95)(H,81,96)/t54-,55-,56-,57-,58-,59-,64-/m0/s1. The second-order valence-corrected chi connectivity index (χ2v) is 31.2. The predicted molar refractivity (Wildman–Crippen MR) is 378 cm³/mol. The summed E-state index contributed by atoms with van der Waals surface area (Å²) in [5.41, 5.74) is -2.33. The molecule has 102 heavy (non-hydrogen) atoms. The predicted octanol–water partition coefficient (Wildman–Crippen LogP) is 6.81. The molecule has 570 valence electrons. The first-order valence-electron chi connectivity index (χ1n) is 37.3. The molecule has 3 aliphatic heterocycles. The molecule has 3 saturated heterocycles. The third-order valence-electron chi connectivity index (χ3n) is 22.2. The number of fused-ring (bicyclic) bond motifs is 1. The zero-order valence-corrected chi connectivity index (χ0v) is 62.9. The lowest BCUT2D eigenvalue weighted by Crippen LogP contribution is -2.65. The van der Waals surface area contributed by atoms with Gasteiger partial charge >= 0.3 is 6.18 Å². The second kappa shape index (κ2) is 37.1. The van der Waals surface area contributed by atoms with Crippen LogP contribution in [0.15, 0.2) is 18.2 Å². The molecule has 1 aromatic rings. The van der Waals surface area contributed by atoms with Gasteiger partial charge < -0.3 is 60.0 Å². The highest BCUT2D eigenvalue weighted by molar-refractivity contribution is 6.31. The van der Waals surface area contributed by atoms with Crippen molar-refractivity contribution in [3.05, 3.63) is 34.3 Å². The summed E-state index contributed by atoms with van der Waals surface area (Å²) in [6.07, 6.45) is 7.37. The fourth-order valence-electron chi connectivity index (χ4n) is 16.0. The molecule has 7 atom stereocenters. The van der Waals surface area contributed by atoms with Gasteiger partial charge in [0.25, 0.3) is 0 Å². The van der Waals surface area contributed by atoms with Gasteiger partial charge in [0.2, 0.25) is 70.9 Å². The molecule has 12 amide bonds. The number of nitrogens with zero attached hydrogens (tertiary/aromatic N) is 9. The number of halogens is 4. The fraction of sp³-hybridized carbons (Fsp3) is 0.757. The van der Waals surface area contributed by atoms with Crippen molar-refractivity contribution in [2.24, 2.45) is 23.7 Å². The Bertz CT molecular complexity index is 3150. The van der Waals surface area contributed by atoms with Gasteiger partial charge in [0.15, 0.2) is 0 Å². The van der Waals surface area contributed by atoms with Gasteiger partial charge in [-0.2, -0.15) is 13.2 Å². The summed E-state index contributed by atoms with van der Waals surface area (Å²) in [6.45, 7) is 6.80. The number of hydrogen-bond acceptors (Lipinski definition) is 12. The number of alkyl halides is 3. The lowest BCUT2D eigenvalue weighted by Gasteiger charge is -2.43. The van der Waals surface area contributed by atoms with Crippen molar-refractivity contribution in [2.75, 3.05) is 88.6 Å². The number of amides is 12. The summed E-state index contributed by atoms with van der Waals surface area (Å²) in [4.78, 5) is 191. The van der Waals surface area contributed by atoms with Crippen molar-refractivity contribution >= 4 is 82.5 Å². The molecular formula is C74H114ClF3N12O12. The van der Waals surface area contributed by atoms with Crippen LogP contribution in [0.4, 0.5) is 13.2 Å². The maximum absolute atomic E-state index is 15.8. The monoisotopic (exact) mass is 1450 g/mol. The number of piperidine rings is 1. The van der Waals surface area contributed by atoms with Crippen LogP contribution in [0.25, 0.3) is 0 Å². The Morgan fingerprint density at radius 1 is 0.578 bits per heavy atom. The van der Waals surface area contributed by atoms with Gasteiger partial charge in [-0.3, -0.25) is 57.5 Å². The zero-order chi connectivity index (χ0) is 75.1. The van der Waals surface area contributed by atoms with Crippen LogP contribution in [0.1, 0.15) is 199 Å². The number of rotatable bonds is 12. The number of carbonyl (C=O) groups excluding carboxylic acids is 12. The maximum Gasteiger partial charge on any atom is 0.417 e. The Kier molecular flexibility index (Phi) is 29.9. The van der Waals surface area contributed by atoms with Crippen LogP contribution in [0.2, 0.25) is 5.02 Å². The van der Waals surface area contributed by atoms with E-state index in [0.29, 0.717) is 70.0 Å². The quantitative estimate of drug-likeness (QED) is 0.195. The molecule has 3 aliphatic carbocycles. The fourth-order valence-corrected chi connectivity index (χ4v) is 16.3. The molecule has 3 heterocycles. The van der Waals surface area contributed by atoms with Crippen molar-refractivity contribution in [3.63, 3.8) is 0 Å². The van der Waals surface area contributed by atoms with Gasteiger partial charge in [0.05, 0.1) is 36.6 Å². The van der Waals surface area contributed by atoms with Gasteiger partial charge in [0, 0.05) is 69.0 Å². The van der Waals surface area contributed by atoms with E-state index >= 15 is 28.8 Å². The molecule has 28 heteroatoms. The lowest BCUT2D eigenvalue weighted by molar-refractivity contribution is -0.157. The Morgan fingerprint density at radius 2 is 1.17 bits per heavy atom. The molecule has 7 rings (SSSR count). The molecule has 6 fully saturated rings. The summed E-state index contributed by atoms with van der Waals surface area (Å²) >= 11 is 6.17. The van der Waals surface area contributed by atoms with E-state index < -0.39 is 167 Å². The minimum atomic E-state index is -4.76. The molecule has 1 spiro atoms. The van der Waals surface area contributed by atoms with Crippen molar-refractivity contribution in [1.29, 1.82) is 0 Å². The van der Waals surface area contributed by atoms with Crippen molar-refractivity contribution < 1.29 is 70.7 Å². The normalized spacial score (nSPS) is 26.4. The molecule has 24 nitrogen and oxygen atoms in total. The Morgan fingerprint density at radius 3 is 1.77 bits per heavy atom. The number of aryl methyl sites for hydroxylation is 1. The highest BCUT2D eigenvalue weighted by Crippen LogP contribution is 2.39. The van der Waals surface area contributed by atoms with E-state index in [4.69, 9.17) is 11.6 Å². The van der Waals surface area contributed by atoms with Gasteiger partial charge in [-0.05, 0) is 138 Å². The smallest absolute Gasteiger partial charge is 0.343 e. The molecule has 6 aliphatic rings. The Hall–Kier alpha value is -7.06. The van der Waals surface area contributed by atoms with Gasteiger partial charge in [-0.15, -0.1) is 0 Å². The van der Waals surface area contributed by atoms with E-state index in [1.807, 2.05) is 27.7 Å². The minimum absolute atomic E-state index is 0.0200. The highest BCUT2D eigenvalue weighted by atomic mass is 35.5. The summed E-state index contributed by atoms with van der Waals surface area (Å²) in [7, 11) is 10.1. The molecule has 3 N–H and O–H groups in total. The van der Waals surface area contributed by atoms with Crippen molar-refractivity contribution in [3.8, 4) is 0 Å². The van der Waals surface area contributed by atoms with Crippen LogP contribution in [-0.2, 0) is 70.1 Å². The minimum Gasteiger partial charge on any atom is -0.343 e. The number of likely N-dealkylation sites (tertiary alicyclic amines) is 1. The van der Waals surface area contributed by atoms with Crippen molar-refractivity contribution in [2.45, 2.75) is 249 Å². The van der Waals surface area contributed by atoms with Crippen LogP contribution in [-0.4, -0.2) is 251 Å². The maximum atomic E-state index is 15.8. The molecule has 0 aromatic heterocycles. The van der Waals surface area contributed by atoms with E-state index in [-0.39, 0.29) is 75.7 Å². The van der Waals surface area contributed by atoms with E-state index in [2.05, 4.69) is 16.0 Å². The number of hydrogen-bond donors (Lipinski definition) is 3. The SMILES string of the molecule is CC(C)CC[C@@H]1NC(=O)[C@H](CC(C)C)N(C)C(=O)C[C@@H](C(=O)N2CCCCC2)N(C)C(=O)[C@H](C2CCCCC2)N(C)C(=O)C2(CCCC2)NC(=O)[C@@H]2CCCN2C(=O)[C@H](CCc2ccc(C(F)(F)F)c(Cl)c2)NC(=O)CN(C)C(=O)[C@H](CC2CCCCC2)N(C)C(=O)CN(C)C(=O)CN(C)C1=O. The highest BCUT2D eigenvalue weighted by Gasteiger charge is 2.51. The van der Waals surface area contributed by atoms with Crippen LogP contribution < -0.4 is 16.0 Å². The van der Waals surface area contributed by atoms with Crippen LogP contribution >= 0.6 is 11.6 Å². The van der Waals surface area contributed by atoms with Crippen LogP contribution in [0, 0.1) is 23.7 Å². The van der Waals surface area contributed by atoms with Crippen LogP contribution in [0.3, 0.4) is 0 Å². The van der Waals surface area contributed by atoms with E-state index in [0.717, 1.165) is 84.6 Å². The van der Waals surface area contributed by atoms with E-state index in [9.17, 15) is 41.9 Å². The summed E-state index contributed by atoms with van der Waals surface area (Å²) in [5, 5.41) is 8.21. The third-order valence-corrected chi connectivity index (χ3v) is 22.5. The van der Waals surface area contributed by atoms with Crippen molar-refractivity contribution in [1.82, 2.24) is 60.0 Å². The first-order chi connectivity index (χ1) is 48.1. The van der Waals surface area contributed by atoms with E-state index in [1.165, 1.54) is 79.9 Å². The van der Waals surface area contributed by atoms with Gasteiger partial charge in [-0.25, -0.2) is 0 Å².